The highest BCUT2D eigenvalue weighted by Crippen LogP contribution is 2.38. The van der Waals surface area contributed by atoms with Gasteiger partial charge >= 0.3 is 0 Å². The van der Waals surface area contributed by atoms with Gasteiger partial charge in [-0.2, -0.15) is 5.10 Å². The van der Waals surface area contributed by atoms with Gasteiger partial charge in [-0.25, -0.2) is 0 Å². The molecule has 0 saturated carbocycles. The fourth-order valence-corrected chi connectivity index (χ4v) is 5.08. The Hall–Kier alpha value is -3.35. The first-order valence-corrected chi connectivity index (χ1v) is 12.3. The number of aromatic nitrogens is 2. The lowest BCUT2D eigenvalue weighted by molar-refractivity contribution is -0.122. The summed E-state index contributed by atoms with van der Waals surface area (Å²) >= 11 is 0. The SMILES string of the molecule is Cc1c(C(=O)N2CCCC2)oc2c1-c1nn(CC(=O)NC(C)CCc3ccccc3)cc1CC2. The van der Waals surface area contributed by atoms with Crippen molar-refractivity contribution in [3.05, 3.63) is 64.7 Å². The Kier molecular flexibility index (Phi) is 6.26. The highest BCUT2D eigenvalue weighted by atomic mass is 16.4. The summed E-state index contributed by atoms with van der Waals surface area (Å²) in [6.07, 6.45) is 7.41. The Bertz CT molecular complexity index is 1190. The van der Waals surface area contributed by atoms with E-state index in [0.29, 0.717) is 5.76 Å². The summed E-state index contributed by atoms with van der Waals surface area (Å²) in [5.41, 5.74) is 5.00. The number of furan rings is 1. The van der Waals surface area contributed by atoms with E-state index in [1.165, 1.54) is 5.56 Å². The molecule has 0 spiro atoms. The number of aryl methyl sites for hydroxylation is 3. The third-order valence-corrected chi connectivity index (χ3v) is 6.92. The second-order valence-electron chi connectivity index (χ2n) is 9.55. The van der Waals surface area contributed by atoms with Crippen LogP contribution in [0.4, 0.5) is 0 Å². The normalized spacial score (nSPS) is 15.6. The van der Waals surface area contributed by atoms with E-state index in [9.17, 15) is 9.59 Å². The zero-order valence-corrected chi connectivity index (χ0v) is 20.0. The monoisotopic (exact) mass is 460 g/mol. The van der Waals surface area contributed by atoms with Gasteiger partial charge in [-0.1, -0.05) is 30.3 Å². The molecule has 1 aliphatic heterocycles. The highest BCUT2D eigenvalue weighted by molar-refractivity contribution is 5.95. The number of nitrogens with zero attached hydrogens (tertiary/aromatic N) is 3. The molecule has 1 aliphatic carbocycles. The summed E-state index contributed by atoms with van der Waals surface area (Å²) in [6.45, 7) is 5.75. The van der Waals surface area contributed by atoms with Gasteiger partial charge in [0.25, 0.3) is 5.91 Å². The number of fused-ring (bicyclic) bond motifs is 3. The Balaban J connectivity index is 1.25. The van der Waals surface area contributed by atoms with Crippen LogP contribution in [0.1, 0.15) is 59.2 Å². The molecule has 5 rings (SSSR count). The van der Waals surface area contributed by atoms with Crippen molar-refractivity contribution in [2.75, 3.05) is 13.1 Å². The molecule has 34 heavy (non-hydrogen) atoms. The predicted molar refractivity (Wildman–Crippen MR) is 130 cm³/mol. The van der Waals surface area contributed by atoms with Crippen LogP contribution in [0.15, 0.2) is 40.9 Å². The Morgan fingerprint density at radius 2 is 1.91 bits per heavy atom. The van der Waals surface area contributed by atoms with Crippen LogP contribution in [0.5, 0.6) is 0 Å². The zero-order chi connectivity index (χ0) is 23.7. The first kappa shape index (κ1) is 22.4. The van der Waals surface area contributed by atoms with Gasteiger partial charge in [0.05, 0.1) is 5.69 Å². The molecular weight excluding hydrogens is 428 g/mol. The Labute approximate surface area is 200 Å². The topological polar surface area (TPSA) is 80.4 Å². The van der Waals surface area contributed by atoms with Crippen molar-refractivity contribution in [1.82, 2.24) is 20.0 Å². The number of benzene rings is 1. The van der Waals surface area contributed by atoms with E-state index in [4.69, 9.17) is 9.52 Å². The van der Waals surface area contributed by atoms with E-state index in [1.807, 2.05) is 43.1 Å². The second-order valence-corrected chi connectivity index (χ2v) is 9.55. The molecule has 1 aromatic carbocycles. The number of likely N-dealkylation sites (tertiary alicyclic amines) is 1. The standard InChI is InChI=1S/C27H32N4O3/c1-18(10-11-20-8-4-3-5-9-20)28-23(32)17-31-16-21-12-13-22-24(25(21)29-31)19(2)26(34-22)27(33)30-14-6-7-15-30/h3-5,8-9,16,18H,6-7,10-15,17H2,1-2H3,(H,28,32). The minimum Gasteiger partial charge on any atom is -0.455 e. The van der Waals surface area contributed by atoms with E-state index < -0.39 is 0 Å². The van der Waals surface area contributed by atoms with E-state index in [0.717, 1.165) is 79.8 Å². The fourth-order valence-electron chi connectivity index (χ4n) is 5.08. The van der Waals surface area contributed by atoms with E-state index in [-0.39, 0.29) is 24.4 Å². The van der Waals surface area contributed by atoms with Crippen molar-refractivity contribution >= 4 is 11.8 Å². The van der Waals surface area contributed by atoms with Crippen LogP contribution >= 0.6 is 0 Å². The maximum absolute atomic E-state index is 12.9. The number of amides is 2. The van der Waals surface area contributed by atoms with Crippen molar-refractivity contribution in [3.63, 3.8) is 0 Å². The highest BCUT2D eigenvalue weighted by Gasteiger charge is 2.32. The molecule has 1 atom stereocenters. The van der Waals surface area contributed by atoms with Crippen LogP contribution in [0.3, 0.4) is 0 Å². The van der Waals surface area contributed by atoms with E-state index in [1.54, 1.807) is 4.68 Å². The number of hydrogen-bond donors (Lipinski definition) is 1. The van der Waals surface area contributed by atoms with Crippen LogP contribution in [-0.2, 0) is 30.6 Å². The molecule has 2 amide bonds. The first-order valence-electron chi connectivity index (χ1n) is 12.3. The van der Waals surface area contributed by atoms with Crippen molar-refractivity contribution < 1.29 is 14.0 Å². The lowest BCUT2D eigenvalue weighted by Gasteiger charge is -2.14. The van der Waals surface area contributed by atoms with Crippen LogP contribution in [0.2, 0.25) is 0 Å². The summed E-state index contributed by atoms with van der Waals surface area (Å²) in [7, 11) is 0. The quantitative estimate of drug-likeness (QED) is 0.580. The van der Waals surface area contributed by atoms with Crippen molar-refractivity contribution in [2.45, 2.75) is 65.0 Å². The lowest BCUT2D eigenvalue weighted by atomic mass is 9.93. The van der Waals surface area contributed by atoms with Crippen LogP contribution in [0, 0.1) is 6.92 Å². The maximum atomic E-state index is 12.9. The molecule has 3 aromatic rings. The van der Waals surface area contributed by atoms with Crippen molar-refractivity contribution in [3.8, 4) is 11.3 Å². The number of rotatable bonds is 7. The number of carbonyl (C=O) groups excluding carboxylic acids is 2. The Morgan fingerprint density at radius 1 is 1.15 bits per heavy atom. The Morgan fingerprint density at radius 3 is 2.68 bits per heavy atom. The van der Waals surface area contributed by atoms with Crippen LogP contribution in [0.25, 0.3) is 11.3 Å². The molecule has 1 N–H and O–H groups in total. The summed E-state index contributed by atoms with van der Waals surface area (Å²) in [5.74, 6) is 1.21. The molecule has 7 nitrogen and oxygen atoms in total. The molecule has 1 fully saturated rings. The molecule has 2 aromatic heterocycles. The average molecular weight is 461 g/mol. The number of carbonyl (C=O) groups is 2. The van der Waals surface area contributed by atoms with Crippen molar-refractivity contribution in [2.24, 2.45) is 0 Å². The molecule has 0 radical (unpaired) electrons. The van der Waals surface area contributed by atoms with Gasteiger partial charge in [0.2, 0.25) is 5.91 Å². The van der Waals surface area contributed by atoms with Gasteiger partial charge in [-0.15, -0.1) is 0 Å². The predicted octanol–water partition coefficient (Wildman–Crippen LogP) is 3.92. The van der Waals surface area contributed by atoms with E-state index >= 15 is 0 Å². The zero-order valence-electron chi connectivity index (χ0n) is 20.0. The largest absolute Gasteiger partial charge is 0.455 e. The van der Waals surface area contributed by atoms with Gasteiger partial charge < -0.3 is 14.6 Å². The number of hydrogen-bond acceptors (Lipinski definition) is 4. The molecule has 1 unspecified atom stereocenters. The molecule has 178 valence electrons. The summed E-state index contributed by atoms with van der Waals surface area (Å²) in [5, 5.41) is 7.83. The molecule has 0 bridgehead atoms. The summed E-state index contributed by atoms with van der Waals surface area (Å²) in [4.78, 5) is 27.5. The minimum absolute atomic E-state index is 0.0192. The number of nitrogens with one attached hydrogen (secondary N) is 1. The van der Waals surface area contributed by atoms with Gasteiger partial charge in [-0.05, 0) is 57.1 Å². The third-order valence-electron chi connectivity index (χ3n) is 6.92. The average Bonchev–Trinajstić information content (AvgIpc) is 3.56. The maximum Gasteiger partial charge on any atom is 0.289 e. The van der Waals surface area contributed by atoms with E-state index in [2.05, 4.69) is 17.4 Å². The van der Waals surface area contributed by atoms with Crippen molar-refractivity contribution in [1.29, 1.82) is 0 Å². The second kappa shape index (κ2) is 9.49. The third kappa shape index (κ3) is 4.52. The van der Waals surface area contributed by atoms with Crippen LogP contribution in [-0.4, -0.2) is 45.6 Å². The van der Waals surface area contributed by atoms with Crippen LogP contribution < -0.4 is 5.32 Å². The molecule has 7 heteroatoms. The summed E-state index contributed by atoms with van der Waals surface area (Å²) in [6, 6.07) is 10.4. The molecular formula is C27H32N4O3. The van der Waals surface area contributed by atoms with Gasteiger partial charge in [0, 0.05) is 42.9 Å². The molecule has 3 heterocycles. The van der Waals surface area contributed by atoms with Gasteiger partial charge in [0.1, 0.15) is 12.3 Å². The minimum atomic E-state index is -0.0468. The first-order chi connectivity index (χ1) is 16.5. The molecule has 1 saturated heterocycles. The summed E-state index contributed by atoms with van der Waals surface area (Å²) < 4.78 is 7.77. The fraction of sp³-hybridized carbons (Fsp3) is 0.444. The lowest BCUT2D eigenvalue weighted by Crippen LogP contribution is -2.35. The molecule has 2 aliphatic rings. The van der Waals surface area contributed by atoms with Gasteiger partial charge in [-0.3, -0.25) is 14.3 Å². The smallest absolute Gasteiger partial charge is 0.289 e. The van der Waals surface area contributed by atoms with Gasteiger partial charge in [0.15, 0.2) is 5.76 Å².